The molecule has 0 aliphatic carbocycles. The predicted octanol–water partition coefficient (Wildman–Crippen LogP) is 1.20. The third-order valence-electron chi connectivity index (χ3n) is 3.54. The van der Waals surface area contributed by atoms with Gasteiger partial charge in [-0.25, -0.2) is 9.97 Å². The molecule has 0 unspecified atom stereocenters. The number of pyridine rings is 2. The van der Waals surface area contributed by atoms with Crippen LogP contribution in [0, 0.1) is 22.0 Å². The third-order valence-corrected chi connectivity index (χ3v) is 3.54. The molecule has 1 saturated heterocycles. The lowest BCUT2D eigenvalue weighted by Gasteiger charge is -2.27. The quantitative estimate of drug-likeness (QED) is 0.502. The van der Waals surface area contributed by atoms with Crippen LogP contribution in [0.2, 0.25) is 0 Å². The number of rotatable bonds is 2. The fourth-order valence-corrected chi connectivity index (χ4v) is 2.27. The average molecular weight is 325 g/mol. The molecule has 2 N–H and O–H groups in total. The van der Waals surface area contributed by atoms with Crippen LogP contribution in [0.1, 0.15) is 11.1 Å². The van der Waals surface area contributed by atoms with Crippen molar-refractivity contribution in [2.45, 2.75) is 0 Å². The number of anilines is 2. The number of nitro groups is 1. The molecule has 122 valence electrons. The third kappa shape index (κ3) is 3.59. The summed E-state index contributed by atoms with van der Waals surface area (Å²) in [5.74, 6) is 6.79. The molecule has 3 rings (SSSR count). The minimum Gasteiger partial charge on any atom is -0.383 e. The lowest BCUT2D eigenvalue weighted by molar-refractivity contribution is -0.385. The molecule has 0 bridgehead atoms. The van der Waals surface area contributed by atoms with Crippen LogP contribution in [-0.4, -0.2) is 41.2 Å². The molecule has 0 amide bonds. The molecule has 1 aliphatic heterocycles. The van der Waals surface area contributed by atoms with Crippen molar-refractivity contribution in [1.29, 1.82) is 0 Å². The summed E-state index contributed by atoms with van der Waals surface area (Å²) in [5.41, 5.74) is 6.66. The summed E-state index contributed by atoms with van der Waals surface area (Å²) in [5, 5.41) is 10.8. The highest BCUT2D eigenvalue weighted by atomic mass is 16.6. The van der Waals surface area contributed by atoms with Gasteiger partial charge in [-0.2, -0.15) is 0 Å². The SMILES string of the molecule is Nc1ncc([N+](=O)[O-])cc1C#Cc1ccnc(N2CCOCC2)c1. The zero-order valence-corrected chi connectivity index (χ0v) is 12.8. The van der Waals surface area contributed by atoms with Crippen molar-refractivity contribution in [2.24, 2.45) is 0 Å². The minimum absolute atomic E-state index is 0.141. The second-order valence-corrected chi connectivity index (χ2v) is 5.14. The first-order valence-corrected chi connectivity index (χ1v) is 7.34. The van der Waals surface area contributed by atoms with Gasteiger partial charge in [-0.15, -0.1) is 0 Å². The Morgan fingerprint density at radius 3 is 2.79 bits per heavy atom. The Labute approximate surface area is 138 Å². The van der Waals surface area contributed by atoms with Crippen LogP contribution in [0.25, 0.3) is 0 Å². The van der Waals surface area contributed by atoms with Crippen LogP contribution in [0.15, 0.2) is 30.6 Å². The Morgan fingerprint density at radius 2 is 2.04 bits per heavy atom. The minimum atomic E-state index is -0.527. The van der Waals surface area contributed by atoms with Gasteiger partial charge >= 0.3 is 0 Å². The number of hydrogen-bond donors (Lipinski definition) is 1. The topological polar surface area (TPSA) is 107 Å². The largest absolute Gasteiger partial charge is 0.383 e. The molecular weight excluding hydrogens is 310 g/mol. The second kappa shape index (κ2) is 6.93. The van der Waals surface area contributed by atoms with Crippen LogP contribution in [-0.2, 0) is 4.74 Å². The lowest BCUT2D eigenvalue weighted by atomic mass is 10.2. The first-order chi connectivity index (χ1) is 11.6. The Bertz CT molecular complexity index is 822. The normalized spacial score (nSPS) is 13.9. The fourth-order valence-electron chi connectivity index (χ4n) is 2.27. The smallest absolute Gasteiger partial charge is 0.288 e. The van der Waals surface area contributed by atoms with E-state index in [0.717, 1.165) is 30.7 Å². The fraction of sp³-hybridized carbons (Fsp3) is 0.250. The van der Waals surface area contributed by atoms with E-state index in [1.807, 2.05) is 6.07 Å². The summed E-state index contributed by atoms with van der Waals surface area (Å²) in [4.78, 5) is 20.6. The number of ether oxygens (including phenoxy) is 1. The molecule has 8 nitrogen and oxygen atoms in total. The maximum atomic E-state index is 10.8. The molecule has 24 heavy (non-hydrogen) atoms. The van der Waals surface area contributed by atoms with Crippen LogP contribution in [0.3, 0.4) is 0 Å². The van der Waals surface area contributed by atoms with E-state index in [1.54, 1.807) is 12.3 Å². The first-order valence-electron chi connectivity index (χ1n) is 7.34. The van der Waals surface area contributed by atoms with Crippen molar-refractivity contribution in [3.8, 4) is 11.8 Å². The van der Waals surface area contributed by atoms with Crippen molar-refractivity contribution in [3.05, 3.63) is 51.8 Å². The Morgan fingerprint density at radius 1 is 1.25 bits per heavy atom. The molecule has 0 aromatic carbocycles. The Hall–Kier alpha value is -3.18. The van der Waals surface area contributed by atoms with Gasteiger partial charge in [0, 0.05) is 30.9 Å². The number of nitrogens with two attached hydrogens (primary N) is 1. The summed E-state index contributed by atoms with van der Waals surface area (Å²) in [7, 11) is 0. The lowest BCUT2D eigenvalue weighted by Crippen LogP contribution is -2.36. The van der Waals surface area contributed by atoms with E-state index in [1.165, 1.54) is 6.07 Å². The van der Waals surface area contributed by atoms with Gasteiger partial charge in [-0.05, 0) is 12.1 Å². The number of hydrogen-bond acceptors (Lipinski definition) is 7. The molecule has 3 heterocycles. The van der Waals surface area contributed by atoms with E-state index in [4.69, 9.17) is 10.5 Å². The molecule has 0 saturated carbocycles. The summed E-state index contributed by atoms with van der Waals surface area (Å²) in [6, 6.07) is 4.97. The van der Waals surface area contributed by atoms with E-state index in [2.05, 4.69) is 26.7 Å². The van der Waals surface area contributed by atoms with E-state index in [9.17, 15) is 10.1 Å². The van der Waals surface area contributed by atoms with Gasteiger partial charge in [-0.1, -0.05) is 11.8 Å². The molecule has 2 aromatic rings. The summed E-state index contributed by atoms with van der Waals surface area (Å²) in [6.45, 7) is 2.91. The van der Waals surface area contributed by atoms with Crippen molar-refractivity contribution < 1.29 is 9.66 Å². The Kier molecular flexibility index (Phi) is 4.54. The molecule has 1 aliphatic rings. The summed E-state index contributed by atoms with van der Waals surface area (Å²) >= 11 is 0. The molecular formula is C16H15N5O3. The molecule has 8 heteroatoms. The summed E-state index contributed by atoms with van der Waals surface area (Å²) in [6.07, 6.45) is 2.80. The van der Waals surface area contributed by atoms with Gasteiger partial charge in [-0.3, -0.25) is 10.1 Å². The van der Waals surface area contributed by atoms with Gasteiger partial charge in [0.05, 0.1) is 23.7 Å². The van der Waals surface area contributed by atoms with Crippen LogP contribution in [0.4, 0.5) is 17.3 Å². The number of nitrogens with zero attached hydrogens (tertiary/aromatic N) is 4. The maximum Gasteiger partial charge on any atom is 0.288 e. The molecule has 0 atom stereocenters. The predicted molar refractivity (Wildman–Crippen MR) is 88.6 cm³/mol. The molecule has 1 fully saturated rings. The van der Waals surface area contributed by atoms with Crippen LogP contribution < -0.4 is 10.6 Å². The average Bonchev–Trinajstić information content (AvgIpc) is 2.62. The number of morpholine rings is 1. The van der Waals surface area contributed by atoms with Crippen molar-refractivity contribution in [1.82, 2.24) is 9.97 Å². The maximum absolute atomic E-state index is 10.8. The van der Waals surface area contributed by atoms with Gasteiger partial charge in [0.15, 0.2) is 0 Å². The van der Waals surface area contributed by atoms with Crippen molar-refractivity contribution in [3.63, 3.8) is 0 Å². The van der Waals surface area contributed by atoms with Gasteiger partial charge in [0.25, 0.3) is 5.69 Å². The van der Waals surface area contributed by atoms with Gasteiger partial charge < -0.3 is 15.4 Å². The molecule has 0 radical (unpaired) electrons. The van der Waals surface area contributed by atoms with Crippen LogP contribution in [0.5, 0.6) is 0 Å². The zero-order chi connectivity index (χ0) is 16.9. The monoisotopic (exact) mass is 325 g/mol. The second-order valence-electron chi connectivity index (χ2n) is 5.14. The van der Waals surface area contributed by atoms with E-state index in [0.29, 0.717) is 18.8 Å². The molecule has 2 aromatic heterocycles. The van der Waals surface area contributed by atoms with E-state index >= 15 is 0 Å². The van der Waals surface area contributed by atoms with E-state index in [-0.39, 0.29) is 11.5 Å². The van der Waals surface area contributed by atoms with Gasteiger partial charge in [0.2, 0.25) is 0 Å². The standard InChI is InChI=1S/C16H15N5O3/c17-16-13(10-14(11-19-16)21(22)23)2-1-12-3-4-18-15(9-12)20-5-7-24-8-6-20/h3-4,9-11H,5-8H2,(H2,17,19). The highest BCUT2D eigenvalue weighted by Gasteiger charge is 2.12. The van der Waals surface area contributed by atoms with Crippen molar-refractivity contribution >= 4 is 17.3 Å². The number of aromatic nitrogens is 2. The van der Waals surface area contributed by atoms with E-state index < -0.39 is 4.92 Å². The number of nitrogen functional groups attached to an aromatic ring is 1. The summed E-state index contributed by atoms with van der Waals surface area (Å²) < 4.78 is 5.33. The van der Waals surface area contributed by atoms with Crippen LogP contribution >= 0.6 is 0 Å². The highest BCUT2D eigenvalue weighted by Crippen LogP contribution is 2.17. The molecule has 0 spiro atoms. The zero-order valence-electron chi connectivity index (χ0n) is 12.8. The Balaban J connectivity index is 1.86. The van der Waals surface area contributed by atoms with Gasteiger partial charge in [0.1, 0.15) is 17.8 Å². The highest BCUT2D eigenvalue weighted by molar-refractivity contribution is 5.57. The first kappa shape index (κ1) is 15.7. The van der Waals surface area contributed by atoms with Crippen molar-refractivity contribution in [2.75, 3.05) is 36.9 Å².